The summed E-state index contributed by atoms with van der Waals surface area (Å²) >= 11 is 8.03. The van der Waals surface area contributed by atoms with Crippen LogP contribution >= 0.6 is 45.8 Å². The molecule has 0 fully saturated rings. The van der Waals surface area contributed by atoms with Crippen LogP contribution in [-0.2, 0) is 6.42 Å². The number of unbranched alkanes of at least 4 members (excludes halogenated alkanes) is 10. The molecule has 0 amide bonds. The van der Waals surface area contributed by atoms with Gasteiger partial charge in [0.1, 0.15) is 0 Å². The summed E-state index contributed by atoms with van der Waals surface area (Å²) < 4.78 is 0. The molecule has 0 saturated carbocycles. The first-order chi connectivity index (χ1) is 25.5. The minimum absolute atomic E-state index is 0.766. The average molecular weight is 761 g/mol. The number of thiophene rings is 3. The zero-order valence-corrected chi connectivity index (χ0v) is 35.1. The summed E-state index contributed by atoms with van der Waals surface area (Å²) in [5.41, 5.74) is 5.44. The second-order valence-corrected chi connectivity index (χ2v) is 19.8. The molecule has 0 spiro atoms. The molecule has 4 heteroatoms. The maximum Gasteiger partial charge on any atom is 0.0449 e. The molecule has 0 N–H and O–H groups in total. The number of aryl methyl sites for hydroxylation is 3. The Kier molecular flexibility index (Phi) is 13.1. The van der Waals surface area contributed by atoms with Gasteiger partial charge in [0.05, 0.1) is 0 Å². The molecule has 272 valence electrons. The number of rotatable bonds is 18. The van der Waals surface area contributed by atoms with Gasteiger partial charge < -0.3 is 0 Å². The van der Waals surface area contributed by atoms with Crippen LogP contribution in [0.5, 0.6) is 0 Å². The standard InChI is InChI=1S/C48H56S4/c1-5-7-9-11-13-15-17-39-19-21-45(49-39)47-25-23-43(51-47)41-31-37-29-36-28-34(4)42(32-38(36)30-35(37)27-33(41)3)44-24-26-48(52-44)46-22-20-40(50-46)18-16-14-12-10-8-6-2/h19,21-32,40H,5-18,20H2,1-4H3. The molecule has 0 bridgehead atoms. The maximum atomic E-state index is 2.50. The molecule has 1 aliphatic rings. The SMILES string of the molecule is CCCCCCCCc1ccc(-c2ccc(-c3cc4cc5cc(C)c(-c6ccc(C7=CCC(CCCCCCCC)S7)s6)cc5cc4cc3C)s2)s1. The van der Waals surface area contributed by atoms with Crippen LogP contribution in [0.4, 0.5) is 0 Å². The summed E-state index contributed by atoms with van der Waals surface area (Å²) in [5.74, 6) is 0. The Morgan fingerprint density at radius 3 is 1.65 bits per heavy atom. The van der Waals surface area contributed by atoms with Gasteiger partial charge >= 0.3 is 0 Å². The van der Waals surface area contributed by atoms with E-state index in [1.165, 1.54) is 174 Å². The summed E-state index contributed by atoms with van der Waals surface area (Å²) in [6, 6.07) is 28.6. The number of allylic oxidation sites excluding steroid dienone is 1. The second kappa shape index (κ2) is 18.1. The molecular formula is C48H56S4. The molecule has 0 saturated heterocycles. The van der Waals surface area contributed by atoms with E-state index < -0.39 is 0 Å². The Balaban J connectivity index is 1.03. The van der Waals surface area contributed by atoms with Gasteiger partial charge in [-0.25, -0.2) is 0 Å². The van der Waals surface area contributed by atoms with Gasteiger partial charge in [-0.05, 0) is 144 Å². The molecule has 0 aliphatic carbocycles. The zero-order chi connectivity index (χ0) is 35.9. The first-order valence-corrected chi connectivity index (χ1v) is 23.5. The highest BCUT2D eigenvalue weighted by Gasteiger charge is 2.21. The van der Waals surface area contributed by atoms with Gasteiger partial charge in [-0.1, -0.05) is 103 Å². The van der Waals surface area contributed by atoms with Gasteiger partial charge in [0.15, 0.2) is 0 Å². The zero-order valence-electron chi connectivity index (χ0n) is 31.8. The summed E-state index contributed by atoms with van der Waals surface area (Å²) in [4.78, 5) is 10.0. The fourth-order valence-electron chi connectivity index (χ4n) is 7.82. The molecule has 6 aromatic rings. The molecule has 1 aliphatic heterocycles. The molecule has 3 aromatic carbocycles. The van der Waals surface area contributed by atoms with Gasteiger partial charge in [-0.15, -0.1) is 45.8 Å². The van der Waals surface area contributed by atoms with Crippen molar-refractivity contribution in [3.8, 4) is 30.6 Å². The molecule has 3 aromatic heterocycles. The lowest BCUT2D eigenvalue weighted by atomic mass is 9.95. The van der Waals surface area contributed by atoms with E-state index in [1.807, 2.05) is 34.0 Å². The third-order valence-electron chi connectivity index (χ3n) is 10.9. The first kappa shape index (κ1) is 37.7. The minimum atomic E-state index is 0.766. The second-order valence-electron chi connectivity index (χ2n) is 15.1. The van der Waals surface area contributed by atoms with Crippen molar-refractivity contribution in [2.45, 2.75) is 129 Å². The van der Waals surface area contributed by atoms with E-state index in [0.717, 1.165) is 5.25 Å². The maximum absolute atomic E-state index is 2.50. The van der Waals surface area contributed by atoms with Crippen molar-refractivity contribution in [3.05, 3.63) is 99.8 Å². The van der Waals surface area contributed by atoms with Crippen LogP contribution in [0.25, 0.3) is 57.1 Å². The Hall–Kier alpha value is -2.63. The lowest BCUT2D eigenvalue weighted by molar-refractivity contribution is 0.583. The lowest BCUT2D eigenvalue weighted by Crippen LogP contribution is -1.96. The number of fused-ring (bicyclic) bond motifs is 2. The average Bonchev–Trinajstić information content (AvgIpc) is 3.98. The number of benzene rings is 3. The first-order valence-electron chi connectivity index (χ1n) is 20.1. The smallest absolute Gasteiger partial charge is 0.0449 e. The summed E-state index contributed by atoms with van der Waals surface area (Å²) in [7, 11) is 0. The van der Waals surface area contributed by atoms with E-state index >= 15 is 0 Å². The Bertz CT molecular complexity index is 2120. The van der Waals surface area contributed by atoms with Crippen LogP contribution in [0.1, 0.15) is 125 Å². The Morgan fingerprint density at radius 2 is 1.00 bits per heavy atom. The lowest BCUT2D eigenvalue weighted by Gasteiger charge is -2.11. The quantitative estimate of drug-likeness (QED) is 0.0621. The van der Waals surface area contributed by atoms with Crippen LogP contribution in [0.15, 0.2) is 78.9 Å². The topological polar surface area (TPSA) is 0 Å². The Morgan fingerprint density at radius 1 is 0.500 bits per heavy atom. The molecule has 1 atom stereocenters. The van der Waals surface area contributed by atoms with Crippen LogP contribution in [0.3, 0.4) is 0 Å². The van der Waals surface area contributed by atoms with Crippen LogP contribution in [-0.4, -0.2) is 5.25 Å². The van der Waals surface area contributed by atoms with Gasteiger partial charge in [0, 0.05) is 39.4 Å². The predicted molar refractivity (Wildman–Crippen MR) is 240 cm³/mol. The molecule has 0 nitrogen and oxygen atoms in total. The van der Waals surface area contributed by atoms with Crippen molar-refractivity contribution in [2.24, 2.45) is 0 Å². The van der Waals surface area contributed by atoms with E-state index in [2.05, 4.69) is 118 Å². The van der Waals surface area contributed by atoms with Gasteiger partial charge in [0.25, 0.3) is 0 Å². The Labute approximate surface area is 329 Å². The number of hydrogen-bond donors (Lipinski definition) is 0. The normalized spacial score (nSPS) is 14.6. The van der Waals surface area contributed by atoms with E-state index in [9.17, 15) is 0 Å². The summed E-state index contributed by atoms with van der Waals surface area (Å²) in [6.45, 7) is 9.16. The highest BCUT2D eigenvalue weighted by atomic mass is 32.2. The van der Waals surface area contributed by atoms with Crippen molar-refractivity contribution in [2.75, 3.05) is 0 Å². The molecule has 1 unspecified atom stereocenters. The highest BCUT2D eigenvalue weighted by molar-refractivity contribution is 8.09. The van der Waals surface area contributed by atoms with E-state index in [1.54, 1.807) is 0 Å². The molecule has 52 heavy (non-hydrogen) atoms. The van der Waals surface area contributed by atoms with Crippen molar-refractivity contribution in [1.29, 1.82) is 0 Å². The van der Waals surface area contributed by atoms with E-state index in [0.29, 0.717) is 0 Å². The van der Waals surface area contributed by atoms with E-state index in [-0.39, 0.29) is 0 Å². The molecule has 4 heterocycles. The molecular weight excluding hydrogens is 705 g/mol. The molecule has 7 rings (SSSR count). The van der Waals surface area contributed by atoms with Crippen molar-refractivity contribution >= 4 is 72.2 Å². The monoisotopic (exact) mass is 760 g/mol. The third-order valence-corrected chi connectivity index (χ3v) is 16.0. The van der Waals surface area contributed by atoms with Crippen molar-refractivity contribution in [1.82, 2.24) is 0 Å². The molecule has 0 radical (unpaired) electrons. The van der Waals surface area contributed by atoms with Crippen molar-refractivity contribution in [3.63, 3.8) is 0 Å². The number of hydrogen-bond acceptors (Lipinski definition) is 4. The minimum Gasteiger partial charge on any atom is -0.139 e. The van der Waals surface area contributed by atoms with Crippen LogP contribution < -0.4 is 0 Å². The summed E-state index contributed by atoms with van der Waals surface area (Å²) in [6.07, 6.45) is 22.8. The fraction of sp³-hybridized carbons (Fsp3) is 0.417. The fourth-order valence-corrected chi connectivity index (χ4v) is 12.5. The van der Waals surface area contributed by atoms with Crippen LogP contribution in [0, 0.1) is 13.8 Å². The van der Waals surface area contributed by atoms with Gasteiger partial charge in [0.2, 0.25) is 0 Å². The van der Waals surface area contributed by atoms with E-state index in [4.69, 9.17) is 0 Å². The predicted octanol–water partition coefficient (Wildman–Crippen LogP) is 17.3. The van der Waals surface area contributed by atoms with Crippen molar-refractivity contribution < 1.29 is 0 Å². The number of thioether (sulfide) groups is 1. The largest absolute Gasteiger partial charge is 0.139 e. The van der Waals surface area contributed by atoms with Crippen LogP contribution in [0.2, 0.25) is 0 Å². The van der Waals surface area contributed by atoms with Gasteiger partial charge in [-0.3, -0.25) is 0 Å². The third kappa shape index (κ3) is 9.17. The van der Waals surface area contributed by atoms with Gasteiger partial charge in [-0.2, -0.15) is 0 Å². The highest BCUT2D eigenvalue weighted by Crippen LogP contribution is 2.46. The summed E-state index contributed by atoms with van der Waals surface area (Å²) in [5, 5.41) is 6.08.